The van der Waals surface area contributed by atoms with Crippen LogP contribution in [-0.2, 0) is 0 Å². The van der Waals surface area contributed by atoms with Crippen LogP contribution in [0.15, 0.2) is 179 Å². The van der Waals surface area contributed by atoms with Gasteiger partial charge in [0.1, 0.15) is 16.7 Å². The third-order valence-corrected chi connectivity index (χ3v) is 10.5. The van der Waals surface area contributed by atoms with E-state index in [2.05, 4.69) is 158 Å². The molecule has 0 saturated carbocycles. The van der Waals surface area contributed by atoms with Gasteiger partial charge in [-0.05, 0) is 95.2 Å². The molecule has 0 aliphatic heterocycles. The second-order valence-corrected chi connectivity index (χ2v) is 13.1. The first-order chi connectivity index (χ1) is 24.8. The van der Waals surface area contributed by atoms with Gasteiger partial charge in [-0.25, -0.2) is 0 Å². The van der Waals surface area contributed by atoms with Crippen molar-refractivity contribution in [3.05, 3.63) is 170 Å². The third-order valence-electron chi connectivity index (χ3n) is 10.5. The van der Waals surface area contributed by atoms with Gasteiger partial charge in [0, 0.05) is 16.3 Å². The zero-order chi connectivity index (χ0) is 32.8. The first-order valence-electron chi connectivity index (χ1n) is 17.1. The molecule has 0 amide bonds. The highest BCUT2D eigenvalue weighted by molar-refractivity contribution is 6.30. The van der Waals surface area contributed by atoms with Gasteiger partial charge in [-0.1, -0.05) is 140 Å². The van der Waals surface area contributed by atoms with Crippen LogP contribution in [0, 0.1) is 0 Å². The van der Waals surface area contributed by atoms with Gasteiger partial charge in [0.2, 0.25) is 0 Å². The Bertz CT molecular complexity index is 3080. The molecule has 0 atom stereocenters. The Morgan fingerprint density at radius 2 is 0.920 bits per heavy atom. The van der Waals surface area contributed by atoms with E-state index in [1.165, 1.54) is 59.8 Å². The minimum Gasteiger partial charge on any atom is -0.463 e. The number of fused-ring (bicyclic) bond motifs is 10. The topological polar surface area (TPSA) is 26.3 Å². The van der Waals surface area contributed by atoms with E-state index in [0.717, 1.165) is 49.6 Å². The summed E-state index contributed by atoms with van der Waals surface area (Å²) < 4.78 is 13.0. The summed E-state index contributed by atoms with van der Waals surface area (Å²) in [7, 11) is 0. The molecule has 2 heterocycles. The van der Waals surface area contributed by atoms with Gasteiger partial charge in [0.05, 0.1) is 11.6 Å². The quantitative estimate of drug-likeness (QED) is 0.142. The van der Waals surface area contributed by atoms with Crippen molar-refractivity contribution in [2.75, 3.05) is 0 Å². The number of furan rings is 2. The first kappa shape index (κ1) is 27.3. The molecule has 0 unspecified atom stereocenters. The fourth-order valence-electron chi connectivity index (χ4n) is 8.41. The van der Waals surface area contributed by atoms with Crippen LogP contribution in [0.1, 0.15) is 0 Å². The monoisotopic (exact) mass is 636 g/mol. The summed E-state index contributed by atoms with van der Waals surface area (Å²) in [5.41, 5.74) is 9.56. The fourth-order valence-corrected chi connectivity index (χ4v) is 8.41. The van der Waals surface area contributed by atoms with Crippen LogP contribution in [0.25, 0.3) is 109 Å². The molecule has 9 aromatic carbocycles. The molecule has 50 heavy (non-hydrogen) atoms. The molecule has 2 heteroatoms. The molecule has 2 nitrogen and oxygen atoms in total. The molecule has 0 bridgehead atoms. The molecule has 11 aromatic rings. The summed E-state index contributed by atoms with van der Waals surface area (Å²) in [6.07, 6.45) is 1.88. The van der Waals surface area contributed by atoms with E-state index in [0.29, 0.717) is 0 Å². The van der Waals surface area contributed by atoms with Crippen molar-refractivity contribution in [2.45, 2.75) is 0 Å². The highest BCUT2D eigenvalue weighted by Crippen LogP contribution is 2.49. The summed E-state index contributed by atoms with van der Waals surface area (Å²) in [6, 6.07) is 58.8. The van der Waals surface area contributed by atoms with Crippen LogP contribution < -0.4 is 0 Å². The molecule has 11 rings (SSSR count). The first-order valence-corrected chi connectivity index (χ1v) is 17.1. The van der Waals surface area contributed by atoms with Gasteiger partial charge in [-0.15, -0.1) is 0 Å². The molecular weight excluding hydrogens is 609 g/mol. The number of hydrogen-bond acceptors (Lipinski definition) is 2. The van der Waals surface area contributed by atoms with E-state index in [1.807, 2.05) is 12.3 Å². The molecule has 232 valence electrons. The molecule has 0 spiro atoms. The van der Waals surface area contributed by atoms with Crippen molar-refractivity contribution in [1.29, 1.82) is 0 Å². The van der Waals surface area contributed by atoms with Gasteiger partial charge < -0.3 is 8.83 Å². The Hall–Kier alpha value is -6.64. The number of rotatable bonds is 3. The van der Waals surface area contributed by atoms with Crippen LogP contribution in [0.3, 0.4) is 0 Å². The maximum absolute atomic E-state index is 6.58. The molecule has 0 radical (unpaired) electrons. The molecule has 0 fully saturated rings. The summed E-state index contributed by atoms with van der Waals surface area (Å²) in [6.45, 7) is 0. The Labute approximate surface area is 287 Å². The second kappa shape index (κ2) is 10.4. The second-order valence-electron chi connectivity index (χ2n) is 13.1. The van der Waals surface area contributed by atoms with Gasteiger partial charge in [0.15, 0.2) is 0 Å². The summed E-state index contributed by atoms with van der Waals surface area (Å²) in [5, 5.41) is 13.1. The highest BCUT2D eigenvalue weighted by atomic mass is 16.3. The van der Waals surface area contributed by atoms with E-state index >= 15 is 0 Å². The summed E-state index contributed by atoms with van der Waals surface area (Å²) >= 11 is 0. The number of benzene rings is 9. The summed E-state index contributed by atoms with van der Waals surface area (Å²) in [4.78, 5) is 0. The minimum atomic E-state index is 0.821. The number of hydrogen-bond donors (Lipinski definition) is 0. The van der Waals surface area contributed by atoms with E-state index in [-0.39, 0.29) is 0 Å². The standard InChI is InChI=1S/C48H28O2/c1-2-13-29(14-3-1)41-28-49-48-38(41)25-26-43-47(48)46-39(23-12-24-42(46)50-43)44-34-19-8-10-21-36(34)45(37-22-11-9-20-35(37)44)40-27-30-15-4-5-16-31(30)32-17-6-7-18-33(32)40/h1-28H. The van der Waals surface area contributed by atoms with Crippen molar-refractivity contribution in [3.8, 4) is 33.4 Å². The van der Waals surface area contributed by atoms with Crippen LogP contribution in [0.2, 0.25) is 0 Å². The van der Waals surface area contributed by atoms with E-state index in [1.54, 1.807) is 0 Å². The van der Waals surface area contributed by atoms with Crippen molar-refractivity contribution < 1.29 is 8.83 Å². The third kappa shape index (κ3) is 3.79. The normalized spacial score (nSPS) is 12.0. The van der Waals surface area contributed by atoms with Gasteiger partial charge in [-0.2, -0.15) is 0 Å². The van der Waals surface area contributed by atoms with Crippen LogP contribution in [-0.4, -0.2) is 0 Å². The molecular formula is C48H28O2. The van der Waals surface area contributed by atoms with Gasteiger partial charge in [0.25, 0.3) is 0 Å². The van der Waals surface area contributed by atoms with Crippen LogP contribution in [0.5, 0.6) is 0 Å². The molecule has 0 aliphatic rings. The predicted octanol–water partition coefficient (Wildman–Crippen LogP) is 13.9. The van der Waals surface area contributed by atoms with Crippen molar-refractivity contribution >= 4 is 76.0 Å². The average Bonchev–Trinajstić information content (AvgIpc) is 3.79. The van der Waals surface area contributed by atoms with Crippen molar-refractivity contribution in [2.24, 2.45) is 0 Å². The average molecular weight is 637 g/mol. The Kier molecular flexibility index (Phi) is 5.70. The smallest absolute Gasteiger partial charge is 0.146 e. The zero-order valence-electron chi connectivity index (χ0n) is 27.0. The SMILES string of the molecule is c1ccc(-c2coc3c2ccc2oc4cccc(-c5c6ccccc6c(-c6cc7ccccc7c7ccccc67)c6ccccc56)c4c23)cc1. The van der Waals surface area contributed by atoms with Crippen molar-refractivity contribution in [1.82, 2.24) is 0 Å². The maximum Gasteiger partial charge on any atom is 0.146 e. The zero-order valence-corrected chi connectivity index (χ0v) is 27.0. The van der Waals surface area contributed by atoms with Crippen molar-refractivity contribution in [3.63, 3.8) is 0 Å². The maximum atomic E-state index is 6.58. The minimum absolute atomic E-state index is 0.821. The largest absolute Gasteiger partial charge is 0.463 e. The molecule has 2 aromatic heterocycles. The molecule has 0 aliphatic carbocycles. The Morgan fingerprint density at radius 1 is 0.340 bits per heavy atom. The van der Waals surface area contributed by atoms with Crippen LogP contribution >= 0.6 is 0 Å². The van der Waals surface area contributed by atoms with Gasteiger partial charge >= 0.3 is 0 Å². The molecule has 0 saturated heterocycles. The lowest BCUT2D eigenvalue weighted by atomic mass is 9.83. The predicted molar refractivity (Wildman–Crippen MR) is 210 cm³/mol. The lowest BCUT2D eigenvalue weighted by molar-refractivity contribution is 0.619. The van der Waals surface area contributed by atoms with E-state index < -0.39 is 0 Å². The highest BCUT2D eigenvalue weighted by Gasteiger charge is 2.23. The fraction of sp³-hybridized carbons (Fsp3) is 0. The van der Waals surface area contributed by atoms with E-state index in [9.17, 15) is 0 Å². The lowest BCUT2D eigenvalue weighted by Gasteiger charge is -2.20. The Morgan fingerprint density at radius 3 is 1.64 bits per heavy atom. The Balaban J connectivity index is 1.28. The summed E-state index contributed by atoms with van der Waals surface area (Å²) in [5.74, 6) is 0. The van der Waals surface area contributed by atoms with Gasteiger partial charge in [-0.3, -0.25) is 0 Å². The van der Waals surface area contributed by atoms with Crippen LogP contribution in [0.4, 0.5) is 0 Å². The molecule has 0 N–H and O–H groups in total. The van der Waals surface area contributed by atoms with E-state index in [4.69, 9.17) is 8.83 Å². The lowest BCUT2D eigenvalue weighted by Crippen LogP contribution is -1.92.